The van der Waals surface area contributed by atoms with Crippen LogP contribution in [0, 0.1) is 5.82 Å². The molecule has 0 aliphatic carbocycles. The molecular formula is C10H12FNOS. The van der Waals surface area contributed by atoms with Gasteiger partial charge in [-0.25, -0.2) is 4.39 Å². The first-order valence-corrected chi connectivity index (χ1v) is 4.73. The van der Waals surface area contributed by atoms with Crippen LogP contribution in [0.25, 0.3) is 0 Å². The van der Waals surface area contributed by atoms with Crippen LogP contribution in [-0.4, -0.2) is 23.7 Å². The summed E-state index contributed by atoms with van der Waals surface area (Å²) in [7, 11) is 1.66. The van der Waals surface area contributed by atoms with E-state index in [-0.39, 0.29) is 11.1 Å². The third kappa shape index (κ3) is 3.38. The Bertz CT molecular complexity index is 330. The van der Waals surface area contributed by atoms with Crippen LogP contribution in [0.5, 0.6) is 0 Å². The molecule has 4 heteroatoms. The highest BCUT2D eigenvalue weighted by Gasteiger charge is 2.03. The van der Waals surface area contributed by atoms with Crippen molar-refractivity contribution in [2.45, 2.75) is 6.42 Å². The van der Waals surface area contributed by atoms with E-state index in [4.69, 9.17) is 0 Å². The van der Waals surface area contributed by atoms with Gasteiger partial charge in [0.05, 0.1) is 0 Å². The summed E-state index contributed by atoms with van der Waals surface area (Å²) in [6.07, 6.45) is 0.639. The first kappa shape index (κ1) is 11.0. The van der Waals surface area contributed by atoms with Crippen molar-refractivity contribution in [2.75, 3.05) is 13.6 Å². The predicted octanol–water partition coefficient (Wildman–Crippen LogP) is 2.35. The van der Waals surface area contributed by atoms with E-state index in [1.807, 2.05) is 6.07 Å². The van der Waals surface area contributed by atoms with Crippen LogP contribution in [0.3, 0.4) is 0 Å². The summed E-state index contributed by atoms with van der Waals surface area (Å²) in [4.78, 5) is 12.2. The minimum atomic E-state index is -0.276. The highest BCUT2D eigenvalue weighted by Crippen LogP contribution is 2.05. The van der Waals surface area contributed by atoms with E-state index in [1.54, 1.807) is 13.1 Å². The molecule has 1 amide bonds. The van der Waals surface area contributed by atoms with Crippen LogP contribution in [0.4, 0.5) is 9.18 Å². The molecule has 0 aliphatic rings. The minimum absolute atomic E-state index is 0.248. The maximum atomic E-state index is 12.8. The lowest BCUT2D eigenvalue weighted by Gasteiger charge is -2.13. The first-order chi connectivity index (χ1) is 6.59. The molecule has 1 rings (SSSR count). The number of nitrogens with zero attached hydrogens (tertiary/aromatic N) is 1. The Balaban J connectivity index is 2.49. The van der Waals surface area contributed by atoms with E-state index in [0.29, 0.717) is 13.0 Å². The highest BCUT2D eigenvalue weighted by atomic mass is 32.1. The smallest absolute Gasteiger partial charge is 0.278 e. The monoisotopic (exact) mass is 213 g/mol. The van der Waals surface area contributed by atoms with Crippen molar-refractivity contribution in [2.24, 2.45) is 0 Å². The lowest BCUT2D eigenvalue weighted by molar-refractivity contribution is 0.234. The Morgan fingerprint density at radius 2 is 2.29 bits per heavy atom. The fourth-order valence-electron chi connectivity index (χ4n) is 1.08. The number of hydrogen-bond acceptors (Lipinski definition) is 1. The maximum Gasteiger partial charge on any atom is 0.278 e. The highest BCUT2D eigenvalue weighted by molar-refractivity contribution is 7.96. The molecule has 0 radical (unpaired) electrons. The molecule has 0 saturated carbocycles. The predicted molar refractivity (Wildman–Crippen MR) is 57.1 cm³/mol. The molecule has 76 valence electrons. The van der Waals surface area contributed by atoms with Crippen molar-refractivity contribution < 1.29 is 9.18 Å². The van der Waals surface area contributed by atoms with Gasteiger partial charge >= 0.3 is 0 Å². The molecule has 14 heavy (non-hydrogen) atoms. The molecule has 0 atom stereocenters. The van der Waals surface area contributed by atoms with Crippen molar-refractivity contribution in [3.63, 3.8) is 0 Å². The molecule has 0 fully saturated rings. The van der Waals surface area contributed by atoms with Gasteiger partial charge in [0.1, 0.15) is 5.82 Å². The van der Waals surface area contributed by atoms with Gasteiger partial charge in [-0.1, -0.05) is 24.8 Å². The third-order valence-electron chi connectivity index (χ3n) is 1.95. The number of amides is 1. The second kappa shape index (κ2) is 5.00. The average Bonchev–Trinajstić information content (AvgIpc) is 2.14. The Morgan fingerprint density at radius 3 is 2.86 bits per heavy atom. The second-order valence-corrected chi connectivity index (χ2v) is 3.47. The fraction of sp³-hybridized carbons (Fsp3) is 0.300. The molecule has 0 spiro atoms. The van der Waals surface area contributed by atoms with Crippen molar-refractivity contribution in [1.82, 2.24) is 4.90 Å². The van der Waals surface area contributed by atoms with Gasteiger partial charge in [-0.05, 0) is 24.1 Å². The third-order valence-corrected chi connectivity index (χ3v) is 2.29. The quantitative estimate of drug-likeness (QED) is 0.764. The molecule has 0 bridgehead atoms. The molecule has 0 aliphatic heterocycles. The van der Waals surface area contributed by atoms with Gasteiger partial charge in [0.25, 0.3) is 5.24 Å². The van der Waals surface area contributed by atoms with Gasteiger partial charge in [-0.2, -0.15) is 0 Å². The Hall–Kier alpha value is -1.03. The molecule has 0 aromatic heterocycles. The first-order valence-electron chi connectivity index (χ1n) is 4.28. The number of carbonyl (C=O) groups excluding carboxylic acids is 1. The Morgan fingerprint density at radius 1 is 1.57 bits per heavy atom. The van der Waals surface area contributed by atoms with Crippen LogP contribution in [0.1, 0.15) is 5.56 Å². The van der Waals surface area contributed by atoms with Gasteiger partial charge in [-0.15, -0.1) is 0 Å². The normalized spacial score (nSPS) is 9.93. The largest absolute Gasteiger partial charge is 0.337 e. The second-order valence-electron chi connectivity index (χ2n) is 3.08. The Kier molecular flexibility index (Phi) is 3.95. The summed E-state index contributed by atoms with van der Waals surface area (Å²) in [5.74, 6) is -0.248. The van der Waals surface area contributed by atoms with E-state index in [9.17, 15) is 9.18 Å². The molecule has 1 aromatic carbocycles. The summed E-state index contributed by atoms with van der Waals surface area (Å²) in [5.41, 5.74) is 0.881. The number of thiol groups is 1. The number of halogens is 1. The van der Waals surface area contributed by atoms with E-state index < -0.39 is 0 Å². The molecule has 0 heterocycles. The van der Waals surface area contributed by atoms with Gasteiger partial charge < -0.3 is 4.90 Å². The average molecular weight is 213 g/mol. The van der Waals surface area contributed by atoms with E-state index in [1.165, 1.54) is 17.0 Å². The standard InChI is InChI=1S/C10H12FNOS/c1-12(10(13)14)6-5-8-3-2-4-9(11)7-8/h2-4,7H,5-6H2,1H3,(H,13,14). The van der Waals surface area contributed by atoms with Gasteiger partial charge in [0, 0.05) is 13.6 Å². The van der Waals surface area contributed by atoms with Crippen molar-refractivity contribution >= 4 is 17.9 Å². The summed E-state index contributed by atoms with van der Waals surface area (Å²) < 4.78 is 12.8. The summed E-state index contributed by atoms with van der Waals surface area (Å²) >= 11 is 3.67. The zero-order valence-corrected chi connectivity index (χ0v) is 8.80. The fourth-order valence-corrected chi connectivity index (χ4v) is 1.18. The molecule has 0 N–H and O–H groups in total. The molecule has 0 unspecified atom stereocenters. The van der Waals surface area contributed by atoms with E-state index >= 15 is 0 Å². The molecule has 0 saturated heterocycles. The summed E-state index contributed by atoms with van der Waals surface area (Å²) in [6.45, 7) is 0.547. The van der Waals surface area contributed by atoms with E-state index in [2.05, 4.69) is 12.6 Å². The number of hydrogen-bond donors (Lipinski definition) is 1. The van der Waals surface area contributed by atoms with Crippen LogP contribution in [-0.2, 0) is 6.42 Å². The van der Waals surface area contributed by atoms with Crippen molar-refractivity contribution in [3.05, 3.63) is 35.6 Å². The van der Waals surface area contributed by atoms with E-state index in [0.717, 1.165) is 5.56 Å². The van der Waals surface area contributed by atoms with Gasteiger partial charge in [-0.3, -0.25) is 4.79 Å². The lowest BCUT2D eigenvalue weighted by atomic mass is 10.1. The van der Waals surface area contributed by atoms with Gasteiger partial charge in [0.15, 0.2) is 0 Å². The summed E-state index contributed by atoms with van der Waals surface area (Å²) in [5, 5.41) is -0.276. The Labute approximate surface area is 88.1 Å². The number of rotatable bonds is 3. The molecule has 1 aromatic rings. The number of benzene rings is 1. The topological polar surface area (TPSA) is 20.3 Å². The van der Waals surface area contributed by atoms with Crippen LogP contribution in [0.2, 0.25) is 0 Å². The van der Waals surface area contributed by atoms with Crippen molar-refractivity contribution in [3.8, 4) is 0 Å². The van der Waals surface area contributed by atoms with Gasteiger partial charge in [0.2, 0.25) is 0 Å². The molecule has 2 nitrogen and oxygen atoms in total. The van der Waals surface area contributed by atoms with Crippen molar-refractivity contribution in [1.29, 1.82) is 0 Å². The van der Waals surface area contributed by atoms with Crippen LogP contribution >= 0.6 is 12.6 Å². The van der Waals surface area contributed by atoms with Crippen LogP contribution < -0.4 is 0 Å². The molecular weight excluding hydrogens is 201 g/mol. The van der Waals surface area contributed by atoms with Crippen LogP contribution in [0.15, 0.2) is 24.3 Å². The number of likely N-dealkylation sites (N-methyl/N-ethyl adjacent to an activating group) is 1. The minimum Gasteiger partial charge on any atom is -0.337 e. The maximum absolute atomic E-state index is 12.8. The number of carbonyl (C=O) groups is 1. The zero-order valence-electron chi connectivity index (χ0n) is 7.90. The zero-order chi connectivity index (χ0) is 10.6. The summed E-state index contributed by atoms with van der Waals surface area (Å²) in [6, 6.07) is 6.36. The SMILES string of the molecule is CN(CCc1cccc(F)c1)C(=O)S. The lowest BCUT2D eigenvalue weighted by Crippen LogP contribution is -2.23.